The summed E-state index contributed by atoms with van der Waals surface area (Å²) in [6, 6.07) is 4.47. The summed E-state index contributed by atoms with van der Waals surface area (Å²) in [5.41, 5.74) is 2.75. The summed E-state index contributed by atoms with van der Waals surface area (Å²) >= 11 is 15.9. The van der Waals surface area contributed by atoms with E-state index in [2.05, 4.69) is 35.0 Å². The van der Waals surface area contributed by atoms with Gasteiger partial charge in [-0.05, 0) is 58.3 Å². The van der Waals surface area contributed by atoms with Crippen LogP contribution in [0.1, 0.15) is 31.1 Å². The van der Waals surface area contributed by atoms with Gasteiger partial charge in [0, 0.05) is 20.4 Å². The van der Waals surface area contributed by atoms with Crippen molar-refractivity contribution in [3.63, 3.8) is 0 Å². The molecule has 0 amide bonds. The first-order valence-corrected chi connectivity index (χ1v) is 9.76. The number of rotatable bonds is 2. The second kappa shape index (κ2) is 5.49. The van der Waals surface area contributed by atoms with Crippen LogP contribution in [0.25, 0.3) is 0 Å². The molecule has 0 fully saturated rings. The predicted molar refractivity (Wildman–Crippen MR) is 88.6 cm³/mol. The van der Waals surface area contributed by atoms with Gasteiger partial charge in [-0.25, -0.2) is 0 Å². The van der Waals surface area contributed by atoms with Crippen LogP contribution in [0.4, 0.5) is 0 Å². The van der Waals surface area contributed by atoms with Gasteiger partial charge in [0.05, 0.1) is 9.16 Å². The van der Waals surface area contributed by atoms with Crippen LogP contribution in [0.2, 0.25) is 0 Å². The van der Waals surface area contributed by atoms with Gasteiger partial charge >= 0.3 is 0 Å². The Kier molecular flexibility index (Phi) is 4.12. The summed E-state index contributed by atoms with van der Waals surface area (Å²) in [5.74, 6) is 2.41. The number of fused-ring (bicyclic) bond motifs is 1. The van der Waals surface area contributed by atoms with Crippen molar-refractivity contribution in [2.24, 2.45) is 0 Å². The molecule has 1 atom stereocenters. The van der Waals surface area contributed by atoms with E-state index in [-0.39, 0.29) is 5.38 Å². The average molecular weight is 380 g/mol. The minimum atomic E-state index is 0.00755. The Hall–Kier alpha value is 0.520. The van der Waals surface area contributed by atoms with Gasteiger partial charge in [0.25, 0.3) is 0 Å². The topological polar surface area (TPSA) is 0 Å². The molecule has 0 saturated carbocycles. The average Bonchev–Trinajstić information content (AvgIpc) is 2.91. The van der Waals surface area contributed by atoms with Gasteiger partial charge in [-0.2, -0.15) is 11.8 Å². The Morgan fingerprint density at radius 3 is 2.83 bits per heavy atom. The van der Waals surface area contributed by atoms with E-state index in [0.29, 0.717) is 0 Å². The summed E-state index contributed by atoms with van der Waals surface area (Å²) in [4.78, 5) is 4.15. The number of hydrogen-bond acceptors (Lipinski definition) is 3. The van der Waals surface area contributed by atoms with Crippen LogP contribution in [0.5, 0.6) is 0 Å². The molecule has 1 unspecified atom stereocenters. The molecule has 3 heterocycles. The van der Waals surface area contributed by atoms with Crippen LogP contribution in [0.3, 0.4) is 0 Å². The zero-order chi connectivity index (χ0) is 12.7. The molecular weight excluding hydrogens is 368 g/mol. The van der Waals surface area contributed by atoms with E-state index in [1.165, 1.54) is 33.1 Å². The van der Waals surface area contributed by atoms with E-state index < -0.39 is 0 Å². The molecule has 1 aliphatic heterocycles. The molecule has 3 rings (SSSR count). The van der Waals surface area contributed by atoms with Crippen molar-refractivity contribution in [1.29, 1.82) is 0 Å². The van der Waals surface area contributed by atoms with Crippen LogP contribution >= 0.6 is 62.0 Å². The summed E-state index contributed by atoms with van der Waals surface area (Å²) in [6.45, 7) is 2.14. The molecule has 0 N–H and O–H groups in total. The molecule has 0 spiro atoms. The standard InChI is InChI=1S/C13H12BrClS3/c1-7-9(5-12(14)17-7)13(15)11-4-8-6-16-3-2-10(8)18-11/h4-5,13H,2-3,6H2,1H3. The summed E-state index contributed by atoms with van der Waals surface area (Å²) < 4.78 is 1.16. The first-order valence-electron chi connectivity index (χ1n) is 5.74. The van der Waals surface area contributed by atoms with Crippen LogP contribution in [0.15, 0.2) is 15.9 Å². The maximum Gasteiger partial charge on any atom is 0.0938 e. The molecule has 0 aromatic carbocycles. The van der Waals surface area contributed by atoms with Gasteiger partial charge in [-0.1, -0.05) is 0 Å². The number of alkyl halides is 1. The lowest BCUT2D eigenvalue weighted by atomic mass is 10.1. The molecule has 5 heteroatoms. The molecule has 0 saturated heterocycles. The maximum absolute atomic E-state index is 6.66. The quantitative estimate of drug-likeness (QED) is 0.577. The fourth-order valence-corrected chi connectivity index (χ4v) is 6.77. The van der Waals surface area contributed by atoms with Gasteiger partial charge in [0.2, 0.25) is 0 Å². The Bertz CT molecular complexity index is 549. The molecule has 96 valence electrons. The number of thioether (sulfide) groups is 1. The van der Waals surface area contributed by atoms with Gasteiger partial charge in [-0.3, -0.25) is 0 Å². The largest absolute Gasteiger partial charge is 0.157 e. The van der Waals surface area contributed by atoms with Crippen LogP contribution < -0.4 is 0 Å². The number of aryl methyl sites for hydroxylation is 2. The van der Waals surface area contributed by atoms with Crippen LogP contribution in [-0.4, -0.2) is 5.75 Å². The SMILES string of the molecule is Cc1sc(Br)cc1C(Cl)c1cc2c(s1)CCSC2. The van der Waals surface area contributed by atoms with Crippen LogP contribution in [0, 0.1) is 6.92 Å². The molecule has 18 heavy (non-hydrogen) atoms. The monoisotopic (exact) mass is 378 g/mol. The summed E-state index contributed by atoms with van der Waals surface area (Å²) in [5, 5.41) is 0.00755. The zero-order valence-corrected chi connectivity index (χ0v) is 14.6. The molecule has 0 nitrogen and oxygen atoms in total. The smallest absolute Gasteiger partial charge is 0.0938 e. The normalized spacial score (nSPS) is 16.6. The number of thiophene rings is 2. The Labute approximate surface area is 133 Å². The molecule has 0 bridgehead atoms. The van der Waals surface area contributed by atoms with Crippen molar-refractivity contribution in [3.8, 4) is 0 Å². The lowest BCUT2D eigenvalue weighted by molar-refractivity contribution is 1.13. The minimum absolute atomic E-state index is 0.00755. The highest BCUT2D eigenvalue weighted by molar-refractivity contribution is 9.11. The van der Waals surface area contributed by atoms with E-state index >= 15 is 0 Å². The summed E-state index contributed by atoms with van der Waals surface area (Å²) in [7, 11) is 0. The van der Waals surface area contributed by atoms with Gasteiger partial charge < -0.3 is 0 Å². The predicted octanol–water partition coefficient (Wildman–Crippen LogP) is 6.00. The maximum atomic E-state index is 6.66. The van der Waals surface area contributed by atoms with Crippen molar-refractivity contribution in [2.75, 3.05) is 5.75 Å². The molecular formula is C13H12BrClS3. The molecule has 0 aliphatic carbocycles. The molecule has 2 aromatic heterocycles. The van der Waals surface area contributed by atoms with E-state index in [1.807, 2.05) is 23.1 Å². The van der Waals surface area contributed by atoms with E-state index in [9.17, 15) is 0 Å². The van der Waals surface area contributed by atoms with Gasteiger partial charge in [0.15, 0.2) is 0 Å². The Balaban J connectivity index is 1.94. The van der Waals surface area contributed by atoms with Crippen molar-refractivity contribution in [2.45, 2.75) is 24.5 Å². The fourth-order valence-electron chi connectivity index (χ4n) is 2.16. The highest BCUT2D eigenvalue weighted by Crippen LogP contribution is 2.42. The third kappa shape index (κ3) is 2.55. The zero-order valence-electron chi connectivity index (χ0n) is 9.83. The summed E-state index contributed by atoms with van der Waals surface area (Å²) in [6.07, 6.45) is 1.21. The molecule has 1 aliphatic rings. The molecule has 0 radical (unpaired) electrons. The van der Waals surface area contributed by atoms with Crippen molar-refractivity contribution < 1.29 is 0 Å². The molecule has 2 aromatic rings. The first-order chi connectivity index (χ1) is 8.65. The lowest BCUT2D eigenvalue weighted by Gasteiger charge is -2.08. The minimum Gasteiger partial charge on any atom is -0.157 e. The van der Waals surface area contributed by atoms with Crippen molar-refractivity contribution >= 4 is 62.0 Å². The Morgan fingerprint density at radius 1 is 1.33 bits per heavy atom. The van der Waals surface area contributed by atoms with E-state index in [4.69, 9.17) is 11.6 Å². The first kappa shape index (κ1) is 13.5. The van der Waals surface area contributed by atoms with Crippen molar-refractivity contribution in [3.05, 3.63) is 41.7 Å². The van der Waals surface area contributed by atoms with Crippen molar-refractivity contribution in [1.82, 2.24) is 0 Å². The second-order valence-corrected chi connectivity index (χ2v) is 9.67. The Morgan fingerprint density at radius 2 is 2.17 bits per heavy atom. The second-order valence-electron chi connectivity index (χ2n) is 4.32. The van der Waals surface area contributed by atoms with E-state index in [1.54, 1.807) is 16.2 Å². The highest BCUT2D eigenvalue weighted by Gasteiger charge is 2.21. The number of halogens is 2. The van der Waals surface area contributed by atoms with Gasteiger partial charge in [0.1, 0.15) is 0 Å². The lowest BCUT2D eigenvalue weighted by Crippen LogP contribution is -1.96. The fraction of sp³-hybridized carbons (Fsp3) is 0.385. The number of hydrogen-bond donors (Lipinski definition) is 0. The third-order valence-corrected chi connectivity index (χ3v) is 7.57. The third-order valence-electron chi connectivity index (χ3n) is 3.10. The van der Waals surface area contributed by atoms with Gasteiger partial charge in [-0.15, -0.1) is 34.3 Å². The highest BCUT2D eigenvalue weighted by atomic mass is 79.9. The van der Waals surface area contributed by atoms with Crippen LogP contribution in [-0.2, 0) is 12.2 Å². The van der Waals surface area contributed by atoms with E-state index in [0.717, 1.165) is 9.54 Å².